The summed E-state index contributed by atoms with van der Waals surface area (Å²) in [6.45, 7) is 0. The van der Waals surface area contributed by atoms with Crippen LogP contribution in [0.15, 0.2) is 0 Å². The molecule has 0 spiro atoms. The Balaban J connectivity index is 1.58. The van der Waals surface area contributed by atoms with Gasteiger partial charge in [-0.2, -0.15) is 0 Å². The highest BCUT2D eigenvalue weighted by molar-refractivity contribution is 6.05. The van der Waals surface area contributed by atoms with Gasteiger partial charge < -0.3 is 10.1 Å². The SMILES string of the molecule is COC1CCC(NC2CC(=O)N(C3CCCC3)C2=O)C1. The summed E-state index contributed by atoms with van der Waals surface area (Å²) in [5.74, 6) is 0.0171. The maximum atomic E-state index is 12.5. The fourth-order valence-corrected chi connectivity index (χ4v) is 3.92. The van der Waals surface area contributed by atoms with Crippen molar-refractivity contribution in [2.75, 3.05) is 7.11 Å². The highest BCUT2D eigenvalue weighted by Gasteiger charge is 2.44. The number of likely N-dealkylation sites (tertiary alicyclic amines) is 1. The number of rotatable bonds is 4. The predicted octanol–water partition coefficient (Wildman–Crippen LogP) is 1.21. The van der Waals surface area contributed by atoms with Crippen LogP contribution in [0.1, 0.15) is 51.4 Å². The minimum absolute atomic E-state index is 0.00256. The number of nitrogens with zero attached hydrogens (tertiary/aromatic N) is 1. The van der Waals surface area contributed by atoms with Crippen LogP contribution in [0.4, 0.5) is 0 Å². The van der Waals surface area contributed by atoms with E-state index in [-0.39, 0.29) is 23.9 Å². The van der Waals surface area contributed by atoms with E-state index in [1.54, 1.807) is 12.0 Å². The molecule has 2 aliphatic carbocycles. The first-order valence-electron chi connectivity index (χ1n) is 7.83. The lowest BCUT2D eigenvalue weighted by Gasteiger charge is -2.23. The van der Waals surface area contributed by atoms with Gasteiger partial charge in [0.15, 0.2) is 0 Å². The Hall–Kier alpha value is -0.940. The normalized spacial score (nSPS) is 35.5. The number of imide groups is 1. The van der Waals surface area contributed by atoms with Crippen molar-refractivity contribution in [1.82, 2.24) is 10.2 Å². The van der Waals surface area contributed by atoms with Crippen LogP contribution < -0.4 is 5.32 Å². The van der Waals surface area contributed by atoms with Gasteiger partial charge in [-0.15, -0.1) is 0 Å². The van der Waals surface area contributed by atoms with Crippen LogP contribution in [0.3, 0.4) is 0 Å². The molecule has 3 atom stereocenters. The maximum absolute atomic E-state index is 12.5. The molecule has 5 nitrogen and oxygen atoms in total. The van der Waals surface area contributed by atoms with E-state index in [0.29, 0.717) is 18.6 Å². The first-order valence-corrected chi connectivity index (χ1v) is 7.83. The topological polar surface area (TPSA) is 58.6 Å². The molecule has 1 N–H and O–H groups in total. The minimum atomic E-state index is -0.302. The van der Waals surface area contributed by atoms with E-state index in [1.165, 1.54) is 0 Å². The molecule has 5 heteroatoms. The van der Waals surface area contributed by atoms with Crippen molar-refractivity contribution in [1.29, 1.82) is 0 Å². The predicted molar refractivity (Wildman–Crippen MR) is 74.1 cm³/mol. The Bertz CT molecular complexity index is 393. The Labute approximate surface area is 120 Å². The number of hydrogen-bond acceptors (Lipinski definition) is 4. The van der Waals surface area contributed by atoms with Crippen LogP contribution in [0.5, 0.6) is 0 Å². The molecule has 0 bridgehead atoms. The molecule has 0 aromatic rings. The Morgan fingerprint density at radius 3 is 2.55 bits per heavy atom. The molecule has 3 aliphatic rings. The van der Waals surface area contributed by atoms with Crippen molar-refractivity contribution < 1.29 is 14.3 Å². The van der Waals surface area contributed by atoms with Gasteiger partial charge in [-0.3, -0.25) is 14.5 Å². The maximum Gasteiger partial charge on any atom is 0.247 e. The van der Waals surface area contributed by atoms with Gasteiger partial charge in [-0.25, -0.2) is 0 Å². The van der Waals surface area contributed by atoms with Crippen molar-refractivity contribution in [2.45, 2.75) is 75.6 Å². The molecule has 0 aromatic heterocycles. The summed E-state index contributed by atoms with van der Waals surface area (Å²) in [4.78, 5) is 26.1. The van der Waals surface area contributed by atoms with Gasteiger partial charge in [-0.05, 0) is 32.1 Å². The zero-order chi connectivity index (χ0) is 14.1. The summed E-state index contributed by atoms with van der Waals surface area (Å²) in [6.07, 6.45) is 7.89. The zero-order valence-electron chi connectivity index (χ0n) is 12.1. The molecule has 20 heavy (non-hydrogen) atoms. The number of amides is 2. The Morgan fingerprint density at radius 1 is 1.15 bits per heavy atom. The highest BCUT2D eigenvalue weighted by Crippen LogP contribution is 2.29. The molecule has 1 aliphatic heterocycles. The number of nitrogens with one attached hydrogen (secondary N) is 1. The van der Waals surface area contributed by atoms with Crippen molar-refractivity contribution in [3.8, 4) is 0 Å². The van der Waals surface area contributed by atoms with E-state index < -0.39 is 0 Å². The average Bonchev–Trinajstić information content (AvgIpc) is 3.13. The number of ether oxygens (including phenoxy) is 1. The van der Waals surface area contributed by atoms with Crippen LogP contribution >= 0.6 is 0 Å². The van der Waals surface area contributed by atoms with Crippen LogP contribution in [-0.4, -0.2) is 48.1 Å². The first kappa shape index (κ1) is 14.0. The Morgan fingerprint density at radius 2 is 1.90 bits per heavy atom. The summed E-state index contributed by atoms with van der Waals surface area (Å²) in [7, 11) is 1.74. The summed E-state index contributed by atoms with van der Waals surface area (Å²) in [5, 5.41) is 3.38. The van der Waals surface area contributed by atoms with Crippen molar-refractivity contribution in [2.24, 2.45) is 0 Å². The molecule has 0 aromatic carbocycles. The first-order chi connectivity index (χ1) is 9.69. The van der Waals surface area contributed by atoms with Gasteiger partial charge in [0.05, 0.1) is 18.6 Å². The Kier molecular flexibility index (Phi) is 4.08. The molecule has 3 fully saturated rings. The van der Waals surface area contributed by atoms with Crippen molar-refractivity contribution in [3.63, 3.8) is 0 Å². The number of carbonyl (C=O) groups is 2. The van der Waals surface area contributed by atoms with Crippen molar-refractivity contribution in [3.05, 3.63) is 0 Å². The molecular formula is C15H24N2O3. The van der Waals surface area contributed by atoms with Gasteiger partial charge in [0, 0.05) is 19.2 Å². The molecule has 2 amide bonds. The number of methoxy groups -OCH3 is 1. The van der Waals surface area contributed by atoms with E-state index in [4.69, 9.17) is 4.74 Å². The second kappa shape index (κ2) is 5.82. The molecular weight excluding hydrogens is 256 g/mol. The van der Waals surface area contributed by atoms with Gasteiger partial charge in [0.2, 0.25) is 11.8 Å². The molecule has 0 radical (unpaired) electrons. The van der Waals surface area contributed by atoms with Gasteiger partial charge in [0.25, 0.3) is 0 Å². The smallest absolute Gasteiger partial charge is 0.247 e. The molecule has 1 saturated heterocycles. The second-order valence-electron chi connectivity index (χ2n) is 6.33. The lowest BCUT2D eigenvalue weighted by molar-refractivity contribution is -0.141. The standard InChI is InChI=1S/C15H24N2O3/c1-20-12-7-6-10(8-12)16-13-9-14(18)17(15(13)19)11-4-2-3-5-11/h10-13,16H,2-9H2,1H3. The van der Waals surface area contributed by atoms with Crippen LogP contribution in [0.25, 0.3) is 0 Å². The third-order valence-corrected chi connectivity index (χ3v) is 5.03. The third kappa shape index (κ3) is 2.61. The van der Waals surface area contributed by atoms with Gasteiger partial charge >= 0.3 is 0 Å². The van der Waals surface area contributed by atoms with Gasteiger partial charge in [0.1, 0.15) is 0 Å². The van der Waals surface area contributed by atoms with Gasteiger partial charge in [-0.1, -0.05) is 12.8 Å². The van der Waals surface area contributed by atoms with Crippen molar-refractivity contribution >= 4 is 11.8 Å². The highest BCUT2D eigenvalue weighted by atomic mass is 16.5. The quantitative estimate of drug-likeness (QED) is 0.787. The number of hydrogen-bond donors (Lipinski definition) is 1. The minimum Gasteiger partial charge on any atom is -0.381 e. The fraction of sp³-hybridized carbons (Fsp3) is 0.867. The second-order valence-corrected chi connectivity index (χ2v) is 6.33. The van der Waals surface area contributed by atoms with Crippen LogP contribution in [-0.2, 0) is 14.3 Å². The van der Waals surface area contributed by atoms with E-state index in [1.807, 2.05) is 0 Å². The van der Waals surface area contributed by atoms with E-state index in [2.05, 4.69) is 5.32 Å². The average molecular weight is 280 g/mol. The largest absolute Gasteiger partial charge is 0.381 e. The summed E-state index contributed by atoms with van der Waals surface area (Å²) >= 11 is 0. The van der Waals surface area contributed by atoms with E-state index >= 15 is 0 Å². The monoisotopic (exact) mass is 280 g/mol. The fourth-order valence-electron chi connectivity index (χ4n) is 3.92. The lowest BCUT2D eigenvalue weighted by Crippen LogP contribution is -2.45. The van der Waals surface area contributed by atoms with E-state index in [9.17, 15) is 9.59 Å². The lowest BCUT2D eigenvalue weighted by atomic mass is 10.1. The summed E-state index contributed by atoms with van der Waals surface area (Å²) in [5.41, 5.74) is 0. The molecule has 112 valence electrons. The zero-order valence-corrected chi connectivity index (χ0v) is 12.1. The molecule has 3 unspecified atom stereocenters. The summed E-state index contributed by atoms with van der Waals surface area (Å²) < 4.78 is 5.35. The molecule has 2 saturated carbocycles. The van der Waals surface area contributed by atoms with Crippen LogP contribution in [0.2, 0.25) is 0 Å². The third-order valence-electron chi connectivity index (χ3n) is 5.03. The molecule has 3 rings (SSSR count). The summed E-state index contributed by atoms with van der Waals surface area (Å²) in [6, 6.07) is 0.172. The molecule has 1 heterocycles. The van der Waals surface area contributed by atoms with Crippen LogP contribution in [0, 0.1) is 0 Å². The van der Waals surface area contributed by atoms with E-state index in [0.717, 1.165) is 44.9 Å². The number of carbonyl (C=O) groups excluding carboxylic acids is 2.